The summed E-state index contributed by atoms with van der Waals surface area (Å²) >= 11 is 3.58. The number of benzene rings is 1. The van der Waals surface area contributed by atoms with E-state index in [0.717, 1.165) is 25.6 Å². The van der Waals surface area contributed by atoms with Gasteiger partial charge >= 0.3 is 0 Å². The van der Waals surface area contributed by atoms with Gasteiger partial charge in [0.2, 0.25) is 0 Å². The molecule has 0 aromatic heterocycles. The second kappa shape index (κ2) is 4.86. The second-order valence-corrected chi connectivity index (χ2v) is 6.79. The van der Waals surface area contributed by atoms with Gasteiger partial charge in [0.1, 0.15) is 0 Å². The predicted molar refractivity (Wildman–Crippen MR) is 80.1 cm³/mol. The van der Waals surface area contributed by atoms with Gasteiger partial charge in [0.25, 0.3) is 0 Å². The fraction of sp³-hybridized carbons (Fsp3) is 0.600. The summed E-state index contributed by atoms with van der Waals surface area (Å²) in [5.41, 5.74) is 1.65. The van der Waals surface area contributed by atoms with Crippen LogP contribution in [0, 0.1) is 5.92 Å². The molecule has 1 unspecified atom stereocenters. The highest BCUT2D eigenvalue weighted by Crippen LogP contribution is 2.41. The highest BCUT2D eigenvalue weighted by Gasteiger charge is 2.43. The summed E-state index contributed by atoms with van der Waals surface area (Å²) in [6.07, 6.45) is 4.03. The Balaban J connectivity index is 1.82. The molecule has 18 heavy (non-hydrogen) atoms. The van der Waals surface area contributed by atoms with Crippen LogP contribution in [-0.2, 0) is 0 Å². The monoisotopic (exact) mass is 308 g/mol. The van der Waals surface area contributed by atoms with Gasteiger partial charge in [-0.15, -0.1) is 0 Å². The summed E-state index contributed by atoms with van der Waals surface area (Å²) in [5.74, 6) is 0.880. The molecule has 1 aromatic rings. The Morgan fingerprint density at radius 2 is 2.22 bits per heavy atom. The number of hydrogen-bond acceptors (Lipinski definition) is 2. The van der Waals surface area contributed by atoms with Crippen LogP contribution in [-0.4, -0.2) is 25.2 Å². The minimum absolute atomic E-state index is 0.304. The number of halogens is 1. The molecule has 1 N–H and O–H groups in total. The van der Waals surface area contributed by atoms with E-state index in [-0.39, 0.29) is 0 Å². The summed E-state index contributed by atoms with van der Waals surface area (Å²) in [4.78, 5) is 2.54. The lowest BCUT2D eigenvalue weighted by atomic mass is 9.95. The molecule has 2 nitrogen and oxygen atoms in total. The normalized spacial score (nSPS) is 29.1. The van der Waals surface area contributed by atoms with Crippen LogP contribution >= 0.6 is 15.9 Å². The summed E-state index contributed by atoms with van der Waals surface area (Å²) in [6, 6.07) is 8.69. The molecule has 1 atom stereocenters. The fourth-order valence-electron chi connectivity index (χ4n) is 3.06. The van der Waals surface area contributed by atoms with Crippen LogP contribution in [0.5, 0.6) is 0 Å². The van der Waals surface area contributed by atoms with Crippen molar-refractivity contribution in [2.45, 2.75) is 31.7 Å². The molecule has 1 aromatic carbocycles. The van der Waals surface area contributed by atoms with E-state index < -0.39 is 0 Å². The maximum absolute atomic E-state index is 3.78. The molecular formula is C15H21BrN2. The lowest BCUT2D eigenvalue weighted by molar-refractivity contribution is 0.331. The molecule has 3 rings (SSSR count). The van der Waals surface area contributed by atoms with E-state index in [0.29, 0.717) is 5.54 Å². The van der Waals surface area contributed by atoms with Crippen LogP contribution in [0.3, 0.4) is 0 Å². The third kappa shape index (κ3) is 2.57. The molecule has 98 valence electrons. The van der Waals surface area contributed by atoms with Gasteiger partial charge in [-0.3, -0.25) is 0 Å². The third-order valence-electron chi connectivity index (χ3n) is 4.30. The number of hydrogen-bond donors (Lipinski definition) is 1. The Bertz CT molecular complexity index is 430. The predicted octanol–water partition coefficient (Wildman–Crippen LogP) is 3.42. The van der Waals surface area contributed by atoms with Crippen LogP contribution in [0.4, 0.5) is 5.69 Å². The summed E-state index contributed by atoms with van der Waals surface area (Å²) in [6.45, 7) is 5.85. The zero-order valence-corrected chi connectivity index (χ0v) is 12.5. The molecular weight excluding hydrogens is 288 g/mol. The number of rotatable bonds is 2. The van der Waals surface area contributed by atoms with E-state index in [1.807, 2.05) is 0 Å². The Labute approximate surface area is 118 Å². The van der Waals surface area contributed by atoms with Crippen molar-refractivity contribution in [1.29, 1.82) is 0 Å². The first kappa shape index (κ1) is 12.5. The highest BCUT2D eigenvalue weighted by atomic mass is 79.9. The van der Waals surface area contributed by atoms with Gasteiger partial charge in [-0.05, 0) is 56.8 Å². The number of nitrogens with one attached hydrogen (secondary N) is 1. The van der Waals surface area contributed by atoms with E-state index in [1.54, 1.807) is 0 Å². The summed E-state index contributed by atoms with van der Waals surface area (Å²) in [5, 5.41) is 3.78. The van der Waals surface area contributed by atoms with E-state index >= 15 is 0 Å². The maximum Gasteiger partial charge on any atom is 0.0378 e. The molecule has 0 amide bonds. The van der Waals surface area contributed by atoms with Crippen molar-refractivity contribution in [1.82, 2.24) is 5.32 Å². The average Bonchev–Trinajstić information content (AvgIpc) is 3.15. The van der Waals surface area contributed by atoms with Crippen LogP contribution in [0.2, 0.25) is 0 Å². The topological polar surface area (TPSA) is 15.3 Å². The van der Waals surface area contributed by atoms with E-state index in [2.05, 4.69) is 57.3 Å². The molecule has 2 fully saturated rings. The van der Waals surface area contributed by atoms with Gasteiger partial charge in [0, 0.05) is 28.8 Å². The van der Waals surface area contributed by atoms with Gasteiger partial charge in [-0.1, -0.05) is 22.0 Å². The first-order valence-corrected chi connectivity index (χ1v) is 7.72. The van der Waals surface area contributed by atoms with Crippen molar-refractivity contribution in [3.8, 4) is 0 Å². The van der Waals surface area contributed by atoms with Gasteiger partial charge < -0.3 is 10.2 Å². The second-order valence-electron chi connectivity index (χ2n) is 5.87. The quantitative estimate of drug-likeness (QED) is 0.900. The van der Waals surface area contributed by atoms with Crippen LogP contribution < -0.4 is 10.2 Å². The van der Waals surface area contributed by atoms with Gasteiger partial charge in [0.15, 0.2) is 0 Å². The van der Waals surface area contributed by atoms with Crippen LogP contribution in [0.25, 0.3) is 0 Å². The summed E-state index contributed by atoms with van der Waals surface area (Å²) < 4.78 is 1.17. The third-order valence-corrected chi connectivity index (χ3v) is 4.80. The lowest BCUT2D eigenvalue weighted by Gasteiger charge is -2.35. The van der Waals surface area contributed by atoms with Crippen molar-refractivity contribution in [2.24, 2.45) is 5.92 Å². The molecule has 2 aliphatic rings. The van der Waals surface area contributed by atoms with Gasteiger partial charge in [-0.2, -0.15) is 0 Å². The number of anilines is 1. The summed E-state index contributed by atoms with van der Waals surface area (Å²) in [7, 11) is 0. The largest absolute Gasteiger partial charge is 0.370 e. The molecule has 1 saturated carbocycles. The minimum Gasteiger partial charge on any atom is -0.370 e. The van der Waals surface area contributed by atoms with E-state index in [4.69, 9.17) is 0 Å². The first-order chi connectivity index (χ1) is 8.67. The SMILES string of the molecule is CC1(C2CC2)CN(c2cccc(Br)c2)CCCN1. The van der Waals surface area contributed by atoms with Crippen molar-refractivity contribution >= 4 is 21.6 Å². The van der Waals surface area contributed by atoms with Crippen molar-refractivity contribution in [3.63, 3.8) is 0 Å². The molecule has 3 heteroatoms. The first-order valence-electron chi connectivity index (χ1n) is 6.93. The van der Waals surface area contributed by atoms with Gasteiger partial charge in [-0.25, -0.2) is 0 Å². The molecule has 1 aliphatic heterocycles. The zero-order valence-electron chi connectivity index (χ0n) is 11.0. The Hall–Kier alpha value is -0.540. The molecule has 1 heterocycles. The standard InChI is InChI=1S/C15H21BrN2/c1-15(12-6-7-12)11-18(9-3-8-17-15)14-5-2-4-13(16)10-14/h2,4-5,10,12,17H,3,6-9,11H2,1H3. The maximum atomic E-state index is 3.78. The minimum atomic E-state index is 0.304. The Morgan fingerprint density at radius 3 is 2.94 bits per heavy atom. The van der Waals surface area contributed by atoms with Crippen molar-refractivity contribution in [3.05, 3.63) is 28.7 Å². The lowest BCUT2D eigenvalue weighted by Crippen LogP contribution is -2.51. The molecule has 0 spiro atoms. The van der Waals surface area contributed by atoms with E-state index in [1.165, 1.54) is 29.4 Å². The van der Waals surface area contributed by atoms with Crippen molar-refractivity contribution < 1.29 is 0 Å². The molecule has 0 radical (unpaired) electrons. The Kier molecular flexibility index (Phi) is 3.37. The average molecular weight is 309 g/mol. The molecule has 0 bridgehead atoms. The van der Waals surface area contributed by atoms with Crippen LogP contribution in [0.1, 0.15) is 26.2 Å². The molecule has 1 aliphatic carbocycles. The van der Waals surface area contributed by atoms with E-state index in [9.17, 15) is 0 Å². The highest BCUT2D eigenvalue weighted by molar-refractivity contribution is 9.10. The van der Waals surface area contributed by atoms with Gasteiger partial charge in [0.05, 0.1) is 0 Å². The molecule has 1 saturated heterocycles. The zero-order chi connectivity index (χ0) is 12.6. The van der Waals surface area contributed by atoms with Crippen molar-refractivity contribution in [2.75, 3.05) is 24.5 Å². The smallest absolute Gasteiger partial charge is 0.0378 e. The fourth-order valence-corrected chi connectivity index (χ4v) is 3.45. The number of nitrogens with zero attached hydrogens (tertiary/aromatic N) is 1. The van der Waals surface area contributed by atoms with Crippen LogP contribution in [0.15, 0.2) is 28.7 Å². The Morgan fingerprint density at radius 1 is 1.39 bits per heavy atom.